The lowest BCUT2D eigenvalue weighted by Crippen LogP contribution is -2.07. The molecule has 23 heavy (non-hydrogen) atoms. The number of nitrogen functional groups attached to an aromatic ring is 2. The normalized spacial score (nSPS) is 10.3. The molecule has 0 unspecified atom stereocenters. The molecule has 0 atom stereocenters. The third-order valence-corrected chi connectivity index (χ3v) is 3.41. The molecule has 2 aromatic rings. The molecule has 0 bridgehead atoms. The van der Waals surface area contributed by atoms with E-state index in [1.54, 1.807) is 48.5 Å². The molecule has 2 aromatic carbocycles. The molecule has 0 aromatic heterocycles. The molecule has 0 heterocycles. The number of hydrogen-bond donors (Lipinski definition) is 2. The van der Waals surface area contributed by atoms with Crippen molar-refractivity contribution in [1.82, 2.24) is 0 Å². The van der Waals surface area contributed by atoms with Crippen LogP contribution in [0.5, 0.6) is 0 Å². The molecule has 5 nitrogen and oxygen atoms in total. The standard InChI is InChI=1S/C18H20N2O3/c19-15-8-4-13(5-9-15)17(21)3-1-2-12-23-18(22)14-6-10-16(20)11-7-14/h4-11H,1-3,12,19-20H2. The van der Waals surface area contributed by atoms with Crippen molar-refractivity contribution in [3.63, 3.8) is 0 Å². The fraction of sp³-hybridized carbons (Fsp3) is 0.222. The van der Waals surface area contributed by atoms with Crippen molar-refractivity contribution < 1.29 is 14.3 Å². The summed E-state index contributed by atoms with van der Waals surface area (Å²) in [5, 5.41) is 0. The fourth-order valence-corrected chi connectivity index (χ4v) is 2.07. The number of carbonyl (C=O) groups is 2. The van der Waals surface area contributed by atoms with Crippen LogP contribution >= 0.6 is 0 Å². The Labute approximate surface area is 135 Å². The zero-order valence-electron chi connectivity index (χ0n) is 12.8. The summed E-state index contributed by atoms with van der Waals surface area (Å²) in [6.45, 7) is 0.290. The molecule has 0 amide bonds. The van der Waals surface area contributed by atoms with Crippen molar-refractivity contribution in [2.24, 2.45) is 0 Å². The third-order valence-electron chi connectivity index (χ3n) is 3.41. The lowest BCUT2D eigenvalue weighted by Gasteiger charge is -2.05. The SMILES string of the molecule is Nc1ccc(C(=O)CCCCOC(=O)c2ccc(N)cc2)cc1. The Morgan fingerprint density at radius 3 is 1.87 bits per heavy atom. The van der Waals surface area contributed by atoms with E-state index in [0.29, 0.717) is 41.8 Å². The highest BCUT2D eigenvalue weighted by molar-refractivity contribution is 5.96. The largest absolute Gasteiger partial charge is 0.462 e. The van der Waals surface area contributed by atoms with E-state index in [4.69, 9.17) is 16.2 Å². The Hall–Kier alpha value is -2.82. The highest BCUT2D eigenvalue weighted by Gasteiger charge is 2.08. The summed E-state index contributed by atoms with van der Waals surface area (Å²) in [7, 11) is 0. The monoisotopic (exact) mass is 312 g/mol. The van der Waals surface area contributed by atoms with E-state index >= 15 is 0 Å². The van der Waals surface area contributed by atoms with Crippen LogP contribution in [0.2, 0.25) is 0 Å². The molecule has 2 rings (SSSR count). The maximum absolute atomic E-state index is 11.9. The topological polar surface area (TPSA) is 95.4 Å². The number of carbonyl (C=O) groups excluding carboxylic acids is 2. The van der Waals surface area contributed by atoms with Crippen molar-refractivity contribution >= 4 is 23.1 Å². The molecule has 0 aliphatic carbocycles. The molecular formula is C18H20N2O3. The Bertz CT molecular complexity index is 604. The van der Waals surface area contributed by atoms with Gasteiger partial charge in [0.1, 0.15) is 0 Å². The van der Waals surface area contributed by atoms with Gasteiger partial charge in [0.15, 0.2) is 5.78 Å². The number of benzene rings is 2. The van der Waals surface area contributed by atoms with Crippen LogP contribution in [0.25, 0.3) is 0 Å². The first-order chi connectivity index (χ1) is 11.1. The molecule has 4 N–H and O–H groups in total. The predicted octanol–water partition coefficient (Wildman–Crippen LogP) is 3.06. The van der Waals surface area contributed by atoms with Gasteiger partial charge in [-0.2, -0.15) is 0 Å². The summed E-state index contributed by atoms with van der Waals surface area (Å²) in [5.41, 5.74) is 13.5. The number of esters is 1. The van der Waals surface area contributed by atoms with Crippen molar-refractivity contribution in [3.8, 4) is 0 Å². The van der Waals surface area contributed by atoms with Crippen LogP contribution in [0.1, 0.15) is 40.0 Å². The fourth-order valence-electron chi connectivity index (χ4n) is 2.07. The lowest BCUT2D eigenvalue weighted by atomic mass is 10.1. The number of ether oxygens (including phenoxy) is 1. The van der Waals surface area contributed by atoms with Crippen molar-refractivity contribution in [2.45, 2.75) is 19.3 Å². The first-order valence-electron chi connectivity index (χ1n) is 7.47. The second kappa shape index (κ2) is 7.98. The minimum Gasteiger partial charge on any atom is -0.462 e. The van der Waals surface area contributed by atoms with E-state index < -0.39 is 0 Å². The Kier molecular flexibility index (Phi) is 5.74. The van der Waals surface area contributed by atoms with Crippen LogP contribution in [0.3, 0.4) is 0 Å². The van der Waals surface area contributed by atoms with Gasteiger partial charge in [0.05, 0.1) is 12.2 Å². The minimum atomic E-state index is -0.380. The second-order valence-electron chi connectivity index (χ2n) is 5.26. The summed E-state index contributed by atoms with van der Waals surface area (Å²) in [6.07, 6.45) is 1.73. The summed E-state index contributed by atoms with van der Waals surface area (Å²) in [5.74, 6) is -0.315. The van der Waals surface area contributed by atoms with Gasteiger partial charge in [-0.1, -0.05) is 0 Å². The summed E-state index contributed by atoms with van der Waals surface area (Å²) < 4.78 is 5.16. The smallest absolute Gasteiger partial charge is 0.338 e. The Morgan fingerprint density at radius 1 is 0.783 bits per heavy atom. The zero-order chi connectivity index (χ0) is 16.7. The molecule has 0 radical (unpaired) electrons. The quantitative estimate of drug-likeness (QED) is 0.354. The van der Waals surface area contributed by atoms with E-state index in [2.05, 4.69) is 0 Å². The van der Waals surface area contributed by atoms with Crippen LogP contribution in [0.4, 0.5) is 11.4 Å². The molecule has 0 aliphatic rings. The van der Waals surface area contributed by atoms with Crippen LogP contribution in [-0.2, 0) is 4.74 Å². The van der Waals surface area contributed by atoms with E-state index in [0.717, 1.165) is 0 Å². The van der Waals surface area contributed by atoms with E-state index in [9.17, 15) is 9.59 Å². The third kappa shape index (κ3) is 5.14. The lowest BCUT2D eigenvalue weighted by molar-refractivity contribution is 0.0498. The van der Waals surface area contributed by atoms with Gasteiger partial charge in [-0.3, -0.25) is 4.79 Å². The number of nitrogens with two attached hydrogens (primary N) is 2. The van der Waals surface area contributed by atoms with Gasteiger partial charge in [0.25, 0.3) is 0 Å². The van der Waals surface area contributed by atoms with Crippen molar-refractivity contribution in [2.75, 3.05) is 18.1 Å². The van der Waals surface area contributed by atoms with Crippen molar-refractivity contribution in [3.05, 3.63) is 59.7 Å². The number of anilines is 2. The molecule has 5 heteroatoms. The van der Waals surface area contributed by atoms with Gasteiger partial charge in [-0.25, -0.2) is 4.79 Å². The van der Waals surface area contributed by atoms with Crippen LogP contribution < -0.4 is 11.5 Å². The number of rotatable bonds is 7. The maximum atomic E-state index is 11.9. The molecule has 0 fully saturated rings. The molecule has 0 spiro atoms. The highest BCUT2D eigenvalue weighted by atomic mass is 16.5. The van der Waals surface area contributed by atoms with Gasteiger partial charge >= 0.3 is 5.97 Å². The maximum Gasteiger partial charge on any atom is 0.338 e. The predicted molar refractivity (Wildman–Crippen MR) is 90.2 cm³/mol. The van der Waals surface area contributed by atoms with Crippen LogP contribution in [0.15, 0.2) is 48.5 Å². The average Bonchev–Trinajstić information content (AvgIpc) is 2.55. The first kappa shape index (κ1) is 16.5. The average molecular weight is 312 g/mol. The number of ketones is 1. The number of hydrogen-bond acceptors (Lipinski definition) is 5. The number of Topliss-reactive ketones (excluding diaryl/α,β-unsaturated/α-hetero) is 1. The molecule has 120 valence electrons. The van der Waals surface area contributed by atoms with E-state index in [1.807, 2.05) is 0 Å². The van der Waals surface area contributed by atoms with Gasteiger partial charge in [-0.05, 0) is 61.4 Å². The van der Waals surface area contributed by atoms with Crippen LogP contribution in [0, 0.1) is 0 Å². The molecular weight excluding hydrogens is 292 g/mol. The minimum absolute atomic E-state index is 0.0647. The summed E-state index contributed by atoms with van der Waals surface area (Å²) in [6, 6.07) is 13.4. The number of unbranched alkanes of at least 4 members (excludes halogenated alkanes) is 1. The molecule has 0 saturated carbocycles. The van der Waals surface area contributed by atoms with Crippen LogP contribution in [-0.4, -0.2) is 18.4 Å². The molecule has 0 saturated heterocycles. The molecule has 0 aliphatic heterocycles. The highest BCUT2D eigenvalue weighted by Crippen LogP contribution is 2.11. The second-order valence-corrected chi connectivity index (χ2v) is 5.26. The van der Waals surface area contributed by atoms with E-state index in [-0.39, 0.29) is 18.4 Å². The Balaban J connectivity index is 1.67. The first-order valence-corrected chi connectivity index (χ1v) is 7.47. The van der Waals surface area contributed by atoms with Gasteiger partial charge in [-0.15, -0.1) is 0 Å². The van der Waals surface area contributed by atoms with E-state index in [1.165, 1.54) is 0 Å². The van der Waals surface area contributed by atoms with Gasteiger partial charge in [0, 0.05) is 23.4 Å². The zero-order valence-corrected chi connectivity index (χ0v) is 12.8. The summed E-state index contributed by atoms with van der Waals surface area (Å²) in [4.78, 5) is 23.7. The summed E-state index contributed by atoms with van der Waals surface area (Å²) >= 11 is 0. The Morgan fingerprint density at radius 2 is 1.30 bits per heavy atom. The van der Waals surface area contributed by atoms with Gasteiger partial charge in [0.2, 0.25) is 0 Å². The van der Waals surface area contributed by atoms with Gasteiger partial charge < -0.3 is 16.2 Å². The van der Waals surface area contributed by atoms with Crippen molar-refractivity contribution in [1.29, 1.82) is 0 Å².